The lowest BCUT2D eigenvalue weighted by molar-refractivity contribution is -0.117. The number of anilines is 2. The first-order valence-electron chi connectivity index (χ1n) is 9.33. The minimum atomic E-state index is -0.409. The van der Waals surface area contributed by atoms with Gasteiger partial charge in [0.05, 0.1) is 15.7 Å². The van der Waals surface area contributed by atoms with Gasteiger partial charge in [0.1, 0.15) is 6.54 Å². The molecule has 1 aliphatic rings. The molecule has 0 heterocycles. The van der Waals surface area contributed by atoms with Crippen LogP contribution in [-0.2, 0) is 9.59 Å². The van der Waals surface area contributed by atoms with Gasteiger partial charge in [0, 0.05) is 23.7 Å². The van der Waals surface area contributed by atoms with E-state index in [1.807, 2.05) is 0 Å². The highest BCUT2D eigenvalue weighted by Gasteiger charge is 2.29. The van der Waals surface area contributed by atoms with Crippen LogP contribution in [0.3, 0.4) is 0 Å². The first-order chi connectivity index (χ1) is 13.9. The van der Waals surface area contributed by atoms with Crippen LogP contribution in [0.4, 0.5) is 11.4 Å². The highest BCUT2D eigenvalue weighted by Crippen LogP contribution is 2.31. The molecule has 1 fully saturated rings. The lowest BCUT2D eigenvalue weighted by atomic mass is 10.1. The number of likely N-dealkylation sites (N-methyl/N-ethyl adjacent to an activating group) is 1. The molecule has 2 N–H and O–H groups in total. The van der Waals surface area contributed by atoms with E-state index in [9.17, 15) is 14.4 Å². The number of nitrogens with zero attached hydrogens (tertiary/aromatic N) is 1. The van der Waals surface area contributed by atoms with E-state index in [2.05, 4.69) is 10.6 Å². The molecular weight excluding hydrogens is 413 g/mol. The maximum atomic E-state index is 12.9. The summed E-state index contributed by atoms with van der Waals surface area (Å²) in [6, 6.07) is 11.6. The van der Waals surface area contributed by atoms with Gasteiger partial charge in [0.15, 0.2) is 0 Å². The van der Waals surface area contributed by atoms with E-state index in [-0.39, 0.29) is 24.3 Å². The second-order valence-corrected chi connectivity index (χ2v) is 7.62. The van der Waals surface area contributed by atoms with Gasteiger partial charge >= 0.3 is 0 Å². The number of amides is 3. The molecule has 3 amide bonds. The second kappa shape index (κ2) is 9.29. The zero-order chi connectivity index (χ0) is 21.0. The zero-order valence-electron chi connectivity index (χ0n) is 15.9. The first kappa shape index (κ1) is 21.1. The van der Waals surface area contributed by atoms with Crippen LogP contribution in [0.5, 0.6) is 0 Å². The summed E-state index contributed by atoms with van der Waals surface area (Å²) < 4.78 is 0. The second-order valence-electron chi connectivity index (χ2n) is 6.81. The fourth-order valence-electron chi connectivity index (χ4n) is 2.80. The molecule has 0 aliphatic heterocycles. The number of hydrogen-bond acceptors (Lipinski definition) is 3. The number of benzene rings is 2. The lowest BCUT2D eigenvalue weighted by Crippen LogP contribution is -2.38. The molecule has 0 saturated heterocycles. The quantitative estimate of drug-likeness (QED) is 0.676. The predicted molar refractivity (Wildman–Crippen MR) is 114 cm³/mol. The number of hydrogen-bond donors (Lipinski definition) is 2. The third-order valence-electron chi connectivity index (χ3n) is 4.56. The van der Waals surface area contributed by atoms with Crippen LogP contribution >= 0.6 is 23.2 Å². The van der Waals surface area contributed by atoms with Crippen LogP contribution in [0, 0.1) is 5.92 Å². The third-order valence-corrected chi connectivity index (χ3v) is 5.19. The van der Waals surface area contributed by atoms with Crippen molar-refractivity contribution in [2.45, 2.75) is 19.8 Å². The molecule has 3 rings (SSSR count). The summed E-state index contributed by atoms with van der Waals surface area (Å²) in [4.78, 5) is 38.6. The Balaban J connectivity index is 1.66. The van der Waals surface area contributed by atoms with Gasteiger partial charge in [0.25, 0.3) is 5.91 Å². The fraction of sp³-hybridized carbons (Fsp3) is 0.286. The van der Waals surface area contributed by atoms with Crippen LogP contribution < -0.4 is 10.6 Å². The maximum Gasteiger partial charge on any atom is 0.254 e. The van der Waals surface area contributed by atoms with Gasteiger partial charge in [-0.3, -0.25) is 14.4 Å². The van der Waals surface area contributed by atoms with E-state index < -0.39 is 5.91 Å². The maximum absolute atomic E-state index is 12.9. The molecule has 0 aromatic heterocycles. The van der Waals surface area contributed by atoms with E-state index in [0.29, 0.717) is 33.5 Å². The number of para-hydroxylation sites is 1. The van der Waals surface area contributed by atoms with Gasteiger partial charge in [-0.2, -0.15) is 0 Å². The van der Waals surface area contributed by atoms with Gasteiger partial charge in [-0.05, 0) is 50.1 Å². The van der Waals surface area contributed by atoms with Gasteiger partial charge in [0.2, 0.25) is 11.8 Å². The Labute approximate surface area is 179 Å². The lowest BCUT2D eigenvalue weighted by Gasteiger charge is -2.21. The molecule has 29 heavy (non-hydrogen) atoms. The summed E-state index contributed by atoms with van der Waals surface area (Å²) in [6.07, 6.45) is 1.80. The Morgan fingerprint density at radius 1 is 1.03 bits per heavy atom. The molecular formula is C21H21Cl2N3O3. The van der Waals surface area contributed by atoms with Crippen molar-refractivity contribution in [3.8, 4) is 0 Å². The summed E-state index contributed by atoms with van der Waals surface area (Å²) in [7, 11) is 0. The number of nitrogens with one attached hydrogen (secondary N) is 2. The van der Waals surface area contributed by atoms with Crippen molar-refractivity contribution in [3.63, 3.8) is 0 Å². The summed E-state index contributed by atoms with van der Waals surface area (Å²) in [5.74, 6) is -0.677. The van der Waals surface area contributed by atoms with Crippen molar-refractivity contribution in [2.24, 2.45) is 5.92 Å². The number of rotatable bonds is 7. The van der Waals surface area contributed by atoms with Crippen molar-refractivity contribution >= 4 is 52.3 Å². The molecule has 8 heteroatoms. The van der Waals surface area contributed by atoms with Crippen LogP contribution in [-0.4, -0.2) is 35.7 Å². The third kappa shape index (κ3) is 5.49. The Bertz CT molecular complexity index is 924. The van der Waals surface area contributed by atoms with Crippen molar-refractivity contribution < 1.29 is 14.4 Å². The first-order valence-corrected chi connectivity index (χ1v) is 10.1. The topological polar surface area (TPSA) is 78.5 Å². The molecule has 0 atom stereocenters. The molecule has 6 nitrogen and oxygen atoms in total. The minimum Gasteiger partial charge on any atom is -0.330 e. The molecule has 0 spiro atoms. The standard InChI is InChI=1S/C21H21Cl2N3O3/c1-2-26(12-18(27)25-19-16(22)7-4-8-17(19)23)21(29)14-5-3-6-15(11-14)24-20(28)13-9-10-13/h3-8,11,13H,2,9-10,12H2,1H3,(H,24,28)(H,25,27). The molecule has 1 aliphatic carbocycles. The van der Waals surface area contributed by atoms with E-state index in [0.717, 1.165) is 12.8 Å². The van der Waals surface area contributed by atoms with Crippen molar-refractivity contribution in [2.75, 3.05) is 23.7 Å². The largest absolute Gasteiger partial charge is 0.330 e. The summed E-state index contributed by atoms with van der Waals surface area (Å²) >= 11 is 12.1. The Morgan fingerprint density at radius 2 is 1.69 bits per heavy atom. The number of halogens is 2. The van der Waals surface area contributed by atoms with Crippen molar-refractivity contribution in [3.05, 3.63) is 58.1 Å². The average Bonchev–Trinajstić information content (AvgIpc) is 3.54. The minimum absolute atomic E-state index is 0.0297. The van der Waals surface area contributed by atoms with E-state index in [1.165, 1.54) is 4.90 Å². The normalized spacial score (nSPS) is 12.9. The molecule has 1 saturated carbocycles. The van der Waals surface area contributed by atoms with Gasteiger partial charge in [-0.25, -0.2) is 0 Å². The zero-order valence-corrected chi connectivity index (χ0v) is 17.4. The van der Waals surface area contributed by atoms with Crippen molar-refractivity contribution in [1.82, 2.24) is 4.90 Å². The summed E-state index contributed by atoms with van der Waals surface area (Å²) in [5.41, 5.74) is 1.27. The van der Waals surface area contributed by atoms with Crippen LogP contribution in [0.1, 0.15) is 30.1 Å². The smallest absolute Gasteiger partial charge is 0.254 e. The van der Waals surface area contributed by atoms with Crippen molar-refractivity contribution in [1.29, 1.82) is 0 Å². The Hall–Kier alpha value is -2.57. The van der Waals surface area contributed by atoms with E-state index >= 15 is 0 Å². The SMILES string of the molecule is CCN(CC(=O)Nc1c(Cl)cccc1Cl)C(=O)c1cccc(NC(=O)C2CC2)c1. The summed E-state index contributed by atoms with van der Waals surface area (Å²) in [5, 5.41) is 6.11. The number of carbonyl (C=O) groups is 3. The van der Waals surface area contributed by atoms with Crippen LogP contribution in [0.2, 0.25) is 10.0 Å². The fourth-order valence-corrected chi connectivity index (χ4v) is 3.29. The summed E-state index contributed by atoms with van der Waals surface area (Å²) in [6.45, 7) is 1.96. The van der Waals surface area contributed by atoms with E-state index in [4.69, 9.17) is 23.2 Å². The van der Waals surface area contributed by atoms with Crippen LogP contribution in [0.25, 0.3) is 0 Å². The monoisotopic (exact) mass is 433 g/mol. The van der Waals surface area contributed by atoms with E-state index in [1.54, 1.807) is 49.4 Å². The molecule has 2 aromatic carbocycles. The molecule has 0 unspecified atom stereocenters. The highest BCUT2D eigenvalue weighted by atomic mass is 35.5. The molecule has 152 valence electrons. The average molecular weight is 434 g/mol. The van der Waals surface area contributed by atoms with Gasteiger partial charge in [-0.1, -0.05) is 35.3 Å². The Kier molecular flexibility index (Phi) is 6.77. The highest BCUT2D eigenvalue weighted by molar-refractivity contribution is 6.39. The van der Waals surface area contributed by atoms with Gasteiger partial charge < -0.3 is 15.5 Å². The molecule has 0 radical (unpaired) electrons. The molecule has 2 aromatic rings. The molecule has 0 bridgehead atoms. The van der Waals surface area contributed by atoms with Crippen LogP contribution in [0.15, 0.2) is 42.5 Å². The Morgan fingerprint density at radius 3 is 2.31 bits per heavy atom. The predicted octanol–water partition coefficient (Wildman–Crippen LogP) is 4.44. The number of carbonyl (C=O) groups excluding carboxylic acids is 3. The van der Waals surface area contributed by atoms with Gasteiger partial charge in [-0.15, -0.1) is 0 Å².